The average molecular weight is 1160 g/mol. The van der Waals surface area contributed by atoms with E-state index in [2.05, 4.69) is 10.3 Å². The number of aliphatic imine (C=N–C) groups is 1. The lowest BCUT2D eigenvalue weighted by molar-refractivity contribution is -0.137. The van der Waals surface area contributed by atoms with Gasteiger partial charge in [0.2, 0.25) is 17.5 Å². The Hall–Kier alpha value is -5.48. The highest BCUT2D eigenvalue weighted by atomic mass is 32.2. The van der Waals surface area contributed by atoms with Crippen LogP contribution in [0.3, 0.4) is 0 Å². The molecule has 25 heteroatoms. The van der Waals surface area contributed by atoms with Gasteiger partial charge in [-0.15, -0.1) is 0 Å². The number of hydrogen-bond acceptors (Lipinski definition) is 18. The van der Waals surface area contributed by atoms with E-state index in [9.17, 15) is 48.7 Å². The van der Waals surface area contributed by atoms with Crippen LogP contribution < -0.4 is 20.1 Å². The fourth-order valence-electron chi connectivity index (χ4n) is 9.17. The number of allylic oxidation sites excluding steroid dienone is 3. The lowest BCUT2D eigenvalue weighted by atomic mass is 9.77. The van der Waals surface area contributed by atoms with E-state index in [0.29, 0.717) is 100 Å². The zero-order valence-corrected chi connectivity index (χ0v) is 47.9. The van der Waals surface area contributed by atoms with E-state index in [4.69, 9.17) is 27.5 Å². The number of nitrogens with zero attached hydrogens (tertiary/aromatic N) is 4. The van der Waals surface area contributed by atoms with Gasteiger partial charge in [-0.1, -0.05) is 39.3 Å². The molecule has 1 aliphatic carbocycles. The fraction of sp³-hybridized carbons (Fsp3) is 0.537. The summed E-state index contributed by atoms with van der Waals surface area (Å²) in [5.74, 6) is -0.701. The maximum atomic E-state index is 13.0. The molecule has 0 saturated heterocycles. The average Bonchev–Trinajstić information content (AvgIpc) is 4.02. The molecule has 434 valence electrons. The molecule has 2 N–H and O–H groups in total. The Morgan fingerprint density at radius 2 is 1.53 bits per heavy atom. The topological polar surface area (TPSA) is 290 Å². The van der Waals surface area contributed by atoms with Crippen molar-refractivity contribution in [1.82, 2.24) is 14.8 Å². The Balaban J connectivity index is 1.29. The Labute approximate surface area is 463 Å². The number of carbonyl (C=O) groups is 3. The number of imide groups is 1. The number of anilines is 1. The summed E-state index contributed by atoms with van der Waals surface area (Å²) in [7, 11) is -11.5. The Morgan fingerprint density at radius 3 is 2.18 bits per heavy atom. The number of amides is 3. The van der Waals surface area contributed by atoms with Crippen LogP contribution in [0.4, 0.5) is 5.69 Å². The summed E-state index contributed by atoms with van der Waals surface area (Å²) in [6.07, 6.45) is 10.9. The van der Waals surface area contributed by atoms with Crippen LogP contribution >= 0.6 is 0 Å². The van der Waals surface area contributed by atoms with Gasteiger partial charge in [-0.25, -0.2) is 17.2 Å². The van der Waals surface area contributed by atoms with Gasteiger partial charge in [0.15, 0.2) is 6.54 Å². The molecule has 0 fully saturated rings. The minimum absolute atomic E-state index is 0.0516. The van der Waals surface area contributed by atoms with Crippen molar-refractivity contribution >= 4 is 66.1 Å². The normalized spacial score (nSPS) is 18.5. The first-order valence-corrected chi connectivity index (χ1v) is 30.8. The van der Waals surface area contributed by atoms with E-state index >= 15 is 0 Å². The van der Waals surface area contributed by atoms with Crippen LogP contribution in [0.1, 0.15) is 89.5 Å². The van der Waals surface area contributed by atoms with E-state index < -0.39 is 69.9 Å². The molecule has 3 amide bonds. The monoisotopic (exact) mass is 1160 g/mol. The molecule has 0 radical (unpaired) electrons. The number of rotatable bonds is 34. The van der Waals surface area contributed by atoms with Crippen LogP contribution in [0.15, 0.2) is 86.8 Å². The third-order valence-corrected chi connectivity index (χ3v) is 16.3. The maximum absolute atomic E-state index is 13.0. The number of ether oxygens (including phenoxy) is 4. The second kappa shape index (κ2) is 28.3. The van der Waals surface area contributed by atoms with Crippen LogP contribution in [0, 0.1) is 0 Å². The molecule has 1 aromatic carbocycles. The third kappa shape index (κ3) is 19.1. The van der Waals surface area contributed by atoms with Crippen molar-refractivity contribution in [2.75, 3.05) is 102 Å². The van der Waals surface area contributed by atoms with E-state index in [-0.39, 0.29) is 63.6 Å². The van der Waals surface area contributed by atoms with Gasteiger partial charge in [-0.2, -0.15) is 16.8 Å². The van der Waals surface area contributed by atoms with Crippen molar-refractivity contribution in [1.29, 1.82) is 0 Å². The predicted octanol–water partition coefficient (Wildman–Crippen LogP) is 4.15. The second-order valence-electron chi connectivity index (χ2n) is 20.5. The van der Waals surface area contributed by atoms with Crippen molar-refractivity contribution in [3.05, 3.63) is 94.7 Å². The smallest absolute Gasteiger partial charge is 0.269 e. The molecule has 6 rings (SSSR count). The lowest BCUT2D eigenvalue weighted by Gasteiger charge is -2.30. The van der Waals surface area contributed by atoms with Crippen molar-refractivity contribution in [2.24, 2.45) is 4.99 Å². The number of unbranched alkanes of at least 4 members (excludes halogenated alkanes) is 2. The molecule has 1 aromatic rings. The largest absolute Gasteiger partial charge is 0.744 e. The van der Waals surface area contributed by atoms with Crippen molar-refractivity contribution in [3.8, 4) is 11.3 Å². The van der Waals surface area contributed by atoms with Crippen LogP contribution in [0.25, 0.3) is 17.4 Å². The van der Waals surface area contributed by atoms with Crippen LogP contribution in [0.2, 0.25) is 0 Å². The number of benzene rings is 2. The molecule has 0 aromatic heterocycles. The number of hydrogen-bond donors (Lipinski definition) is 2. The number of nitrogens with one attached hydrogen (secondary N) is 1. The van der Waals surface area contributed by atoms with Gasteiger partial charge in [0.1, 0.15) is 34.8 Å². The first-order valence-electron chi connectivity index (χ1n) is 26.2. The summed E-state index contributed by atoms with van der Waals surface area (Å²) >= 11 is 0. The summed E-state index contributed by atoms with van der Waals surface area (Å²) < 4.78 is 132. The molecule has 2 unspecified atom stereocenters. The molecule has 0 spiro atoms. The lowest BCUT2D eigenvalue weighted by Crippen LogP contribution is -2.38. The van der Waals surface area contributed by atoms with Gasteiger partial charge in [-0.05, 0) is 80.1 Å². The quantitative estimate of drug-likeness (QED) is 0.0279. The van der Waals surface area contributed by atoms with Crippen LogP contribution in [0.5, 0.6) is 0 Å². The van der Waals surface area contributed by atoms with Gasteiger partial charge >= 0.3 is 0 Å². The molecule has 4 aliphatic heterocycles. The molecular formula is C54H73N5O17S3. The van der Waals surface area contributed by atoms with E-state index in [1.165, 1.54) is 30.5 Å². The highest BCUT2D eigenvalue weighted by molar-refractivity contribution is 7.86. The molecule has 2 atom stereocenters. The van der Waals surface area contributed by atoms with Gasteiger partial charge < -0.3 is 38.1 Å². The minimum atomic E-state index is -4.90. The molecule has 79 heavy (non-hydrogen) atoms. The number of fused-ring (bicyclic) bond motifs is 2. The van der Waals surface area contributed by atoms with Crippen molar-refractivity contribution in [3.63, 3.8) is 0 Å². The van der Waals surface area contributed by atoms with Gasteiger partial charge in [0.05, 0.1) is 68.3 Å². The molecule has 0 saturated carbocycles. The molecule has 4 heterocycles. The minimum Gasteiger partial charge on any atom is -0.744 e. The third-order valence-electron chi connectivity index (χ3n) is 13.4. The van der Waals surface area contributed by atoms with Crippen molar-refractivity contribution < 1.29 is 76.3 Å². The van der Waals surface area contributed by atoms with E-state index in [0.717, 1.165) is 21.4 Å². The Morgan fingerprint density at radius 1 is 0.848 bits per heavy atom. The zero-order valence-electron chi connectivity index (χ0n) is 45.4. The van der Waals surface area contributed by atoms with Gasteiger partial charge in [0.25, 0.3) is 32.1 Å². The first kappa shape index (κ1) is 62.7. The van der Waals surface area contributed by atoms with Crippen LogP contribution in [-0.2, 0) is 78.7 Å². The van der Waals surface area contributed by atoms with Gasteiger partial charge in [-0.3, -0.25) is 28.8 Å². The summed E-state index contributed by atoms with van der Waals surface area (Å²) in [4.78, 5) is 43.0. The van der Waals surface area contributed by atoms with Crippen LogP contribution in [-0.4, -0.2) is 167 Å². The first-order chi connectivity index (χ1) is 37.4. The van der Waals surface area contributed by atoms with Crippen molar-refractivity contribution in [2.45, 2.75) is 94.6 Å². The summed E-state index contributed by atoms with van der Waals surface area (Å²) in [6, 6.07) is 11.8. The van der Waals surface area contributed by atoms with E-state index in [1.807, 2.05) is 79.7 Å². The highest BCUT2D eigenvalue weighted by Gasteiger charge is 2.44. The number of methoxy groups -OCH3 is 1. The highest BCUT2D eigenvalue weighted by Crippen LogP contribution is 2.51. The number of carbonyl (C=O) groups excluding carboxylic acids is 3. The second-order valence-corrected chi connectivity index (χ2v) is 25.1. The summed E-state index contributed by atoms with van der Waals surface area (Å²) in [6.45, 7) is 11.9. The SMILES string of the molecule is COCCOCCOCCOCC[N+](CCCS(=O)(=O)O)=c1ccc2c(/C=C/C=C3\N(CCCCCC(=O)NCCN4C(=O)C=CC4=O)c4ccc(S(=O)(=O)[O-])cc4C3(C)CCCS(=O)(=O)OC3C=N3)cc(C(C)(C)C)oc-2c1. The standard InChI is InChI=1S/C54H73N5O17S3/c1-53(2,3)48-36-40(43-17-15-41(37-46(43)75-48)57(23-11-34-77(63,64)65)26-27-72-30-31-74-33-32-73-29-28-71-5)12-9-13-47-54(4,21-10-35-78(66,67)76-50-39-56-50)44-38-42(79(68,69)70)16-18-45(44)58(47)24-8-6-7-14-49(60)55-22-25-59-51(61)19-20-52(59)62/h9,12-13,15-20,36-39,50H,6-8,10-11,14,21-35H2,1-5H3,(H2-,55,60,63,64,65,68,69,70). The molecule has 0 bridgehead atoms. The predicted molar refractivity (Wildman–Crippen MR) is 294 cm³/mol. The summed E-state index contributed by atoms with van der Waals surface area (Å²) in [5.41, 5.74) is 1.87. The molecule has 5 aliphatic rings. The van der Waals surface area contributed by atoms with Gasteiger partial charge in [0, 0.05) is 85.6 Å². The summed E-state index contributed by atoms with van der Waals surface area (Å²) in [5, 5.41) is 3.48. The molecular weight excluding hydrogens is 1090 g/mol. The Bertz CT molecular complexity index is 3120. The van der Waals surface area contributed by atoms with E-state index in [1.54, 1.807) is 13.2 Å². The Kier molecular flexibility index (Phi) is 22.5. The fourth-order valence-corrected chi connectivity index (χ4v) is 11.2. The maximum Gasteiger partial charge on any atom is 0.269 e. The molecule has 22 nitrogen and oxygen atoms in total. The zero-order chi connectivity index (χ0) is 57.4.